The molecule has 0 saturated carbocycles. The molecule has 0 N–H and O–H groups in total. The molecular weight excluding hydrogens is 240 g/mol. The number of halogens is 1. The van der Waals surface area contributed by atoms with E-state index in [2.05, 4.69) is 27.8 Å². The lowest BCUT2D eigenvalue weighted by Gasteiger charge is -1.98. The maximum atomic E-state index is 5.43. The topological polar surface area (TPSA) is 9.23 Å². The first kappa shape index (κ1) is 9.76. The molecule has 2 rings (SSSR count). The van der Waals surface area contributed by atoms with Crippen molar-refractivity contribution in [1.82, 2.24) is 0 Å². The van der Waals surface area contributed by atoms with Crippen molar-refractivity contribution < 1.29 is 4.74 Å². The molecule has 1 heterocycles. The van der Waals surface area contributed by atoms with E-state index in [0.717, 1.165) is 29.5 Å². The second-order valence-electron chi connectivity index (χ2n) is 3.25. The fourth-order valence-corrected chi connectivity index (χ4v) is 1.80. The molecule has 0 aromatic heterocycles. The van der Waals surface area contributed by atoms with Crippen LogP contribution >= 0.6 is 15.9 Å². The van der Waals surface area contributed by atoms with Gasteiger partial charge in [-0.05, 0) is 40.9 Å². The maximum absolute atomic E-state index is 5.43. The van der Waals surface area contributed by atoms with E-state index in [9.17, 15) is 0 Å². The highest BCUT2D eigenvalue weighted by Gasteiger charge is 2.11. The highest BCUT2D eigenvalue weighted by Crippen LogP contribution is 2.15. The van der Waals surface area contributed by atoms with Crippen LogP contribution in [0.1, 0.15) is 18.4 Å². The minimum Gasteiger partial charge on any atom is -0.366 e. The zero-order valence-electron chi connectivity index (χ0n) is 7.79. The molecule has 1 saturated heterocycles. The molecule has 1 aliphatic rings. The van der Waals surface area contributed by atoms with Gasteiger partial charge in [0.05, 0.1) is 0 Å². The van der Waals surface area contributed by atoms with Gasteiger partial charge in [-0.3, -0.25) is 0 Å². The van der Waals surface area contributed by atoms with E-state index in [-0.39, 0.29) is 6.10 Å². The van der Waals surface area contributed by atoms with Gasteiger partial charge in [-0.2, -0.15) is 0 Å². The number of hydrogen-bond acceptors (Lipinski definition) is 1. The van der Waals surface area contributed by atoms with E-state index in [1.165, 1.54) is 0 Å². The summed E-state index contributed by atoms with van der Waals surface area (Å²) < 4.78 is 6.47. The summed E-state index contributed by atoms with van der Waals surface area (Å²) in [6.07, 6.45) is 2.34. The van der Waals surface area contributed by atoms with Crippen LogP contribution in [0.4, 0.5) is 0 Å². The fourth-order valence-electron chi connectivity index (χ4n) is 1.41. The lowest BCUT2D eigenvalue weighted by Crippen LogP contribution is -1.99. The molecule has 2 heteroatoms. The zero-order valence-corrected chi connectivity index (χ0v) is 9.38. The van der Waals surface area contributed by atoms with Crippen molar-refractivity contribution in [2.75, 3.05) is 6.61 Å². The summed E-state index contributed by atoms with van der Waals surface area (Å²) in [5, 5.41) is 0. The number of rotatable bonds is 0. The standard InChI is InChI=1S/C12H11BrO/c13-12-6-2-1-4-10(12)7-8-11-5-3-9-14-11/h1-2,4,6,11H,3,5,9H2. The van der Waals surface area contributed by atoms with Crippen molar-refractivity contribution >= 4 is 15.9 Å². The summed E-state index contributed by atoms with van der Waals surface area (Å²) in [5.74, 6) is 6.27. The molecule has 0 amide bonds. The van der Waals surface area contributed by atoms with Crippen LogP contribution in [0.3, 0.4) is 0 Å². The molecule has 72 valence electrons. The van der Waals surface area contributed by atoms with Crippen molar-refractivity contribution in [3.63, 3.8) is 0 Å². The smallest absolute Gasteiger partial charge is 0.118 e. The van der Waals surface area contributed by atoms with Crippen LogP contribution < -0.4 is 0 Å². The van der Waals surface area contributed by atoms with Crippen molar-refractivity contribution in [2.24, 2.45) is 0 Å². The zero-order chi connectivity index (χ0) is 9.80. The van der Waals surface area contributed by atoms with E-state index in [4.69, 9.17) is 4.74 Å². The molecule has 1 unspecified atom stereocenters. The molecule has 1 aromatic rings. The molecular formula is C12H11BrO. The van der Waals surface area contributed by atoms with Gasteiger partial charge in [-0.1, -0.05) is 24.0 Å². The van der Waals surface area contributed by atoms with E-state index in [0.29, 0.717) is 0 Å². The van der Waals surface area contributed by atoms with Gasteiger partial charge in [0.15, 0.2) is 0 Å². The molecule has 0 spiro atoms. The molecule has 1 aliphatic heterocycles. The summed E-state index contributed by atoms with van der Waals surface area (Å²) in [6.45, 7) is 0.856. The van der Waals surface area contributed by atoms with Gasteiger partial charge in [-0.15, -0.1) is 0 Å². The Kier molecular flexibility index (Phi) is 3.23. The molecule has 14 heavy (non-hydrogen) atoms. The van der Waals surface area contributed by atoms with Gasteiger partial charge in [0.2, 0.25) is 0 Å². The first-order valence-electron chi connectivity index (χ1n) is 4.74. The largest absolute Gasteiger partial charge is 0.366 e. The van der Waals surface area contributed by atoms with Crippen molar-refractivity contribution in [3.8, 4) is 11.8 Å². The second-order valence-corrected chi connectivity index (χ2v) is 4.11. The monoisotopic (exact) mass is 250 g/mol. The lowest BCUT2D eigenvalue weighted by molar-refractivity contribution is 0.152. The molecule has 0 radical (unpaired) electrons. The maximum Gasteiger partial charge on any atom is 0.118 e. The molecule has 0 bridgehead atoms. The van der Waals surface area contributed by atoms with Crippen molar-refractivity contribution in [3.05, 3.63) is 34.3 Å². The third-order valence-electron chi connectivity index (χ3n) is 2.17. The van der Waals surface area contributed by atoms with Gasteiger partial charge in [-0.25, -0.2) is 0 Å². The van der Waals surface area contributed by atoms with Crippen LogP contribution in [0.15, 0.2) is 28.7 Å². The predicted octanol–water partition coefficient (Wildman–Crippen LogP) is 2.98. The average molecular weight is 251 g/mol. The normalized spacial score (nSPS) is 20.2. The van der Waals surface area contributed by atoms with Gasteiger partial charge < -0.3 is 4.74 Å². The SMILES string of the molecule is Brc1ccccc1C#CC1CCCO1. The Morgan fingerprint density at radius 2 is 2.21 bits per heavy atom. The van der Waals surface area contributed by atoms with E-state index >= 15 is 0 Å². The van der Waals surface area contributed by atoms with Crippen LogP contribution in [0.2, 0.25) is 0 Å². The summed E-state index contributed by atoms with van der Waals surface area (Å²) >= 11 is 3.46. The van der Waals surface area contributed by atoms with Crippen molar-refractivity contribution in [1.29, 1.82) is 0 Å². The highest BCUT2D eigenvalue weighted by atomic mass is 79.9. The third kappa shape index (κ3) is 2.37. The van der Waals surface area contributed by atoms with Gasteiger partial charge >= 0.3 is 0 Å². The number of ether oxygens (including phenoxy) is 1. The Bertz CT molecular complexity index is 369. The fraction of sp³-hybridized carbons (Fsp3) is 0.333. The Morgan fingerprint density at radius 3 is 2.93 bits per heavy atom. The Hall–Kier alpha value is -0.780. The number of hydrogen-bond donors (Lipinski definition) is 0. The molecule has 1 atom stereocenters. The summed E-state index contributed by atoms with van der Waals surface area (Å²) in [7, 11) is 0. The summed E-state index contributed by atoms with van der Waals surface area (Å²) in [6, 6.07) is 7.98. The Morgan fingerprint density at radius 1 is 1.36 bits per heavy atom. The second kappa shape index (κ2) is 4.63. The molecule has 1 aromatic carbocycles. The van der Waals surface area contributed by atoms with Crippen molar-refractivity contribution in [2.45, 2.75) is 18.9 Å². The summed E-state index contributed by atoms with van der Waals surface area (Å²) in [4.78, 5) is 0. The lowest BCUT2D eigenvalue weighted by atomic mass is 10.2. The quantitative estimate of drug-likeness (QED) is 0.644. The predicted molar refractivity (Wildman–Crippen MR) is 60.0 cm³/mol. The average Bonchev–Trinajstić information content (AvgIpc) is 2.69. The van der Waals surface area contributed by atoms with Crippen LogP contribution in [0, 0.1) is 11.8 Å². The Labute approximate surface area is 92.6 Å². The molecule has 1 nitrogen and oxygen atoms in total. The number of benzene rings is 1. The minimum atomic E-state index is 0.141. The van der Waals surface area contributed by atoms with E-state index in [1.807, 2.05) is 24.3 Å². The van der Waals surface area contributed by atoms with E-state index in [1.54, 1.807) is 0 Å². The summed E-state index contributed by atoms with van der Waals surface area (Å²) in [5.41, 5.74) is 1.03. The van der Waals surface area contributed by atoms with Crippen LogP contribution in [0.5, 0.6) is 0 Å². The van der Waals surface area contributed by atoms with Gasteiger partial charge in [0.25, 0.3) is 0 Å². The van der Waals surface area contributed by atoms with Crippen LogP contribution in [0.25, 0.3) is 0 Å². The van der Waals surface area contributed by atoms with Gasteiger partial charge in [0.1, 0.15) is 6.10 Å². The highest BCUT2D eigenvalue weighted by molar-refractivity contribution is 9.10. The first-order chi connectivity index (χ1) is 6.86. The molecule has 1 fully saturated rings. The van der Waals surface area contributed by atoms with Crippen LogP contribution in [-0.2, 0) is 4.74 Å². The Balaban J connectivity index is 2.12. The molecule has 0 aliphatic carbocycles. The minimum absolute atomic E-state index is 0.141. The van der Waals surface area contributed by atoms with Crippen LogP contribution in [-0.4, -0.2) is 12.7 Å². The third-order valence-corrected chi connectivity index (χ3v) is 2.86. The van der Waals surface area contributed by atoms with Gasteiger partial charge in [0, 0.05) is 16.6 Å². The first-order valence-corrected chi connectivity index (χ1v) is 5.53. The van der Waals surface area contributed by atoms with E-state index < -0.39 is 0 Å².